The SMILES string of the molecule is CCOC(=O)c1sc2c(c1C)[C@@H](c1ccc(C(F)(F)F)cc1)[C@H]1C(=O)CCC=C1N2. The highest BCUT2D eigenvalue weighted by Crippen LogP contribution is 2.52. The number of benzene rings is 1. The Morgan fingerprint density at radius 2 is 1.93 bits per heavy atom. The van der Waals surface area contributed by atoms with Gasteiger partial charge in [-0.15, -0.1) is 11.3 Å². The summed E-state index contributed by atoms with van der Waals surface area (Å²) in [5, 5.41) is 4.03. The fraction of sp³-hybridized carbons (Fsp3) is 0.364. The number of ketones is 1. The smallest absolute Gasteiger partial charge is 0.416 e. The van der Waals surface area contributed by atoms with E-state index in [-0.39, 0.29) is 12.4 Å². The molecule has 2 aliphatic rings. The van der Waals surface area contributed by atoms with Gasteiger partial charge in [-0.25, -0.2) is 4.79 Å². The molecule has 1 aromatic carbocycles. The maximum absolute atomic E-state index is 13.0. The molecule has 4 rings (SSSR count). The number of carbonyl (C=O) groups excluding carboxylic acids is 2. The van der Waals surface area contributed by atoms with Gasteiger partial charge < -0.3 is 10.1 Å². The van der Waals surface area contributed by atoms with Crippen LogP contribution in [-0.4, -0.2) is 18.4 Å². The van der Waals surface area contributed by atoms with Crippen LogP contribution in [0, 0.1) is 12.8 Å². The number of ether oxygens (including phenoxy) is 1. The predicted molar refractivity (Wildman–Crippen MR) is 108 cm³/mol. The van der Waals surface area contributed by atoms with Crippen LogP contribution in [0.4, 0.5) is 18.2 Å². The van der Waals surface area contributed by atoms with Crippen LogP contribution in [0.15, 0.2) is 36.0 Å². The molecule has 1 N–H and O–H groups in total. The zero-order chi connectivity index (χ0) is 21.6. The van der Waals surface area contributed by atoms with Crippen molar-refractivity contribution in [2.45, 2.75) is 38.8 Å². The van der Waals surface area contributed by atoms with Gasteiger partial charge in [0.1, 0.15) is 10.7 Å². The minimum absolute atomic E-state index is 0.0406. The number of alkyl halides is 3. The van der Waals surface area contributed by atoms with Gasteiger partial charge in [-0.2, -0.15) is 13.2 Å². The maximum atomic E-state index is 13.0. The van der Waals surface area contributed by atoms with Gasteiger partial charge in [-0.3, -0.25) is 4.79 Å². The average Bonchev–Trinajstić information content (AvgIpc) is 3.03. The summed E-state index contributed by atoms with van der Waals surface area (Å²) in [6.07, 6.45) is -1.47. The van der Waals surface area contributed by atoms with Gasteiger partial charge in [0.2, 0.25) is 0 Å². The molecule has 0 amide bonds. The van der Waals surface area contributed by atoms with Crippen LogP contribution < -0.4 is 5.32 Å². The lowest BCUT2D eigenvalue weighted by Crippen LogP contribution is -2.34. The first-order valence-corrected chi connectivity index (χ1v) is 10.5. The Morgan fingerprint density at radius 3 is 2.57 bits per heavy atom. The molecule has 0 fully saturated rings. The van der Waals surface area contributed by atoms with Gasteiger partial charge in [-0.1, -0.05) is 18.2 Å². The van der Waals surface area contributed by atoms with E-state index in [9.17, 15) is 22.8 Å². The number of allylic oxidation sites excluding steroid dienone is 2. The van der Waals surface area contributed by atoms with Crippen molar-refractivity contribution in [3.05, 3.63) is 63.2 Å². The Labute approximate surface area is 175 Å². The lowest BCUT2D eigenvalue weighted by atomic mass is 9.71. The Balaban J connectivity index is 1.87. The lowest BCUT2D eigenvalue weighted by Gasteiger charge is -2.37. The second-order valence-electron chi connectivity index (χ2n) is 7.38. The molecule has 1 aromatic heterocycles. The van der Waals surface area contributed by atoms with Gasteiger partial charge in [0.05, 0.1) is 23.1 Å². The standard InChI is InChI=1S/C22H20F3NO3S/c1-3-29-21(28)19-11(2)16-17(12-7-9-13(10-8-12)22(23,24)25)18-14(26-20(16)30-19)5-4-6-15(18)27/h5,7-10,17-18,26H,3-4,6H2,1-2H3/t17-,18-/m1/s1. The van der Waals surface area contributed by atoms with Gasteiger partial charge in [0.25, 0.3) is 0 Å². The number of thiophene rings is 1. The molecule has 2 heterocycles. The minimum Gasteiger partial charge on any atom is -0.462 e. The highest BCUT2D eigenvalue weighted by molar-refractivity contribution is 7.18. The number of hydrogen-bond acceptors (Lipinski definition) is 5. The van der Waals surface area contributed by atoms with E-state index < -0.39 is 29.5 Å². The van der Waals surface area contributed by atoms with E-state index in [1.54, 1.807) is 13.8 Å². The van der Waals surface area contributed by atoms with Crippen LogP contribution >= 0.6 is 11.3 Å². The van der Waals surface area contributed by atoms with Crippen molar-refractivity contribution in [1.82, 2.24) is 0 Å². The summed E-state index contributed by atoms with van der Waals surface area (Å²) < 4.78 is 44.3. The highest BCUT2D eigenvalue weighted by Gasteiger charge is 2.43. The fourth-order valence-electron chi connectivity index (χ4n) is 4.24. The molecule has 2 aromatic rings. The topological polar surface area (TPSA) is 55.4 Å². The predicted octanol–water partition coefficient (Wildman–Crippen LogP) is 5.67. The van der Waals surface area contributed by atoms with E-state index >= 15 is 0 Å². The quantitative estimate of drug-likeness (QED) is 0.631. The molecule has 1 aliphatic carbocycles. The molecular weight excluding hydrogens is 415 g/mol. The van der Waals surface area contributed by atoms with Crippen molar-refractivity contribution in [2.75, 3.05) is 11.9 Å². The van der Waals surface area contributed by atoms with Gasteiger partial charge in [0, 0.05) is 18.0 Å². The molecule has 0 radical (unpaired) electrons. The Kier molecular flexibility index (Phi) is 5.22. The number of anilines is 1. The van der Waals surface area contributed by atoms with E-state index in [1.165, 1.54) is 23.5 Å². The van der Waals surface area contributed by atoms with Gasteiger partial charge >= 0.3 is 12.1 Å². The van der Waals surface area contributed by atoms with E-state index in [1.807, 2.05) is 6.08 Å². The summed E-state index contributed by atoms with van der Waals surface area (Å²) in [7, 11) is 0. The Morgan fingerprint density at radius 1 is 1.23 bits per heavy atom. The third kappa shape index (κ3) is 3.43. The molecule has 0 spiro atoms. The van der Waals surface area contributed by atoms with Gasteiger partial charge in [0.15, 0.2) is 0 Å². The molecule has 0 bridgehead atoms. The molecule has 0 saturated carbocycles. The van der Waals surface area contributed by atoms with Crippen molar-refractivity contribution in [2.24, 2.45) is 5.92 Å². The first kappa shape index (κ1) is 20.7. The normalized spacial score (nSPS) is 20.7. The number of nitrogens with one attached hydrogen (secondary N) is 1. The van der Waals surface area contributed by atoms with Gasteiger partial charge in [-0.05, 0) is 49.1 Å². The molecular formula is C22H20F3NO3S. The first-order chi connectivity index (χ1) is 14.2. The van der Waals surface area contributed by atoms with E-state index in [2.05, 4.69) is 5.32 Å². The largest absolute Gasteiger partial charge is 0.462 e. The summed E-state index contributed by atoms with van der Waals surface area (Å²) in [5.74, 6) is -1.36. The minimum atomic E-state index is -4.43. The zero-order valence-corrected chi connectivity index (χ0v) is 17.2. The van der Waals surface area contributed by atoms with Crippen molar-refractivity contribution >= 4 is 28.1 Å². The molecule has 8 heteroatoms. The number of rotatable bonds is 3. The molecule has 4 nitrogen and oxygen atoms in total. The summed E-state index contributed by atoms with van der Waals surface area (Å²) in [5.41, 5.74) is 2.11. The fourth-order valence-corrected chi connectivity index (χ4v) is 5.41. The number of Topliss-reactive ketones (excluding diaryl/α,β-unsaturated/α-hetero) is 1. The van der Waals surface area contributed by atoms with E-state index in [0.717, 1.165) is 28.4 Å². The maximum Gasteiger partial charge on any atom is 0.416 e. The number of fused-ring (bicyclic) bond motifs is 2. The molecule has 30 heavy (non-hydrogen) atoms. The van der Waals surface area contributed by atoms with E-state index in [4.69, 9.17) is 4.74 Å². The average molecular weight is 435 g/mol. The van der Waals surface area contributed by atoms with Crippen molar-refractivity contribution in [3.8, 4) is 0 Å². The third-order valence-corrected chi connectivity index (χ3v) is 6.79. The lowest BCUT2D eigenvalue weighted by molar-refractivity contribution is -0.137. The van der Waals surface area contributed by atoms with Crippen LogP contribution in [0.3, 0.4) is 0 Å². The number of hydrogen-bond donors (Lipinski definition) is 1. The van der Waals surface area contributed by atoms with Crippen molar-refractivity contribution < 1.29 is 27.5 Å². The van der Waals surface area contributed by atoms with E-state index in [0.29, 0.717) is 28.8 Å². The van der Waals surface area contributed by atoms with Crippen LogP contribution in [0.2, 0.25) is 0 Å². The Bertz CT molecular complexity index is 1040. The van der Waals surface area contributed by atoms with Crippen LogP contribution in [0.25, 0.3) is 0 Å². The highest BCUT2D eigenvalue weighted by atomic mass is 32.1. The first-order valence-electron chi connectivity index (χ1n) is 9.69. The summed E-state index contributed by atoms with van der Waals surface area (Å²) in [6.45, 7) is 3.76. The second-order valence-corrected chi connectivity index (χ2v) is 8.40. The number of esters is 1. The van der Waals surface area contributed by atoms with Crippen LogP contribution in [-0.2, 0) is 15.7 Å². The van der Waals surface area contributed by atoms with Crippen LogP contribution in [0.1, 0.15) is 57.6 Å². The molecule has 2 atom stereocenters. The third-order valence-electron chi connectivity index (χ3n) is 5.59. The number of carbonyl (C=O) groups is 2. The number of halogens is 3. The summed E-state index contributed by atoms with van der Waals surface area (Å²) in [6, 6.07) is 4.95. The Hall–Kier alpha value is -2.61. The summed E-state index contributed by atoms with van der Waals surface area (Å²) in [4.78, 5) is 25.7. The molecule has 0 unspecified atom stereocenters. The zero-order valence-electron chi connectivity index (χ0n) is 16.4. The summed E-state index contributed by atoms with van der Waals surface area (Å²) >= 11 is 1.26. The monoisotopic (exact) mass is 435 g/mol. The van der Waals surface area contributed by atoms with Crippen LogP contribution in [0.5, 0.6) is 0 Å². The molecule has 158 valence electrons. The molecule has 1 aliphatic heterocycles. The van der Waals surface area contributed by atoms with Crippen molar-refractivity contribution in [1.29, 1.82) is 0 Å². The second kappa shape index (κ2) is 7.58. The molecule has 0 saturated heterocycles. The van der Waals surface area contributed by atoms with Crippen molar-refractivity contribution in [3.63, 3.8) is 0 Å².